The van der Waals surface area contributed by atoms with Crippen molar-refractivity contribution in [2.45, 2.75) is 50.2 Å². The van der Waals surface area contributed by atoms with Gasteiger partial charge in [0.1, 0.15) is 0 Å². The summed E-state index contributed by atoms with van der Waals surface area (Å²) in [5.41, 5.74) is 1.33. The van der Waals surface area contributed by atoms with Crippen molar-refractivity contribution >= 4 is 23.8 Å². The van der Waals surface area contributed by atoms with Crippen LogP contribution in [0.3, 0.4) is 0 Å². The van der Waals surface area contributed by atoms with Gasteiger partial charge in [-0.15, -0.1) is 11.8 Å². The predicted molar refractivity (Wildman–Crippen MR) is 93.6 cm³/mol. The van der Waals surface area contributed by atoms with Gasteiger partial charge in [-0.25, -0.2) is 9.59 Å². The first-order chi connectivity index (χ1) is 11.6. The second-order valence-electron chi connectivity index (χ2n) is 7.87. The summed E-state index contributed by atoms with van der Waals surface area (Å²) < 4.78 is 5.52. The molecule has 4 fully saturated rings. The van der Waals surface area contributed by atoms with Crippen LogP contribution in [-0.4, -0.2) is 35.7 Å². The van der Waals surface area contributed by atoms with E-state index < -0.39 is 0 Å². The van der Waals surface area contributed by atoms with Crippen molar-refractivity contribution < 1.29 is 14.3 Å². The van der Waals surface area contributed by atoms with E-state index in [4.69, 9.17) is 4.74 Å². The topological polar surface area (TPSA) is 67.4 Å². The molecule has 132 valence electrons. The van der Waals surface area contributed by atoms with E-state index in [-0.39, 0.29) is 18.5 Å². The number of carbonyl (C=O) groups is 2. The first kappa shape index (κ1) is 16.3. The fourth-order valence-electron chi connectivity index (χ4n) is 5.50. The summed E-state index contributed by atoms with van der Waals surface area (Å²) in [6.07, 6.45) is 8.24. The Kier molecular flexibility index (Phi) is 4.27. The molecule has 24 heavy (non-hydrogen) atoms. The second kappa shape index (κ2) is 6.28. The molecule has 0 atom stereocenters. The molecule has 2 amide bonds. The minimum atomic E-state index is -0.314. The number of nitrogens with one attached hydrogen (secondary N) is 2. The lowest BCUT2D eigenvalue weighted by molar-refractivity contribution is -0.138. The molecular formula is C18H26N2O3S. The van der Waals surface area contributed by atoms with Crippen LogP contribution in [0.1, 0.15) is 45.4 Å². The van der Waals surface area contributed by atoms with Crippen LogP contribution < -0.4 is 10.6 Å². The van der Waals surface area contributed by atoms with Crippen molar-refractivity contribution in [1.82, 2.24) is 10.6 Å². The molecule has 4 saturated carbocycles. The molecule has 0 aromatic carbocycles. The standard InChI is InChI=1S/C18H26N2O3S/c1-2-23-16(21)14-9-19-17(22)20-15(14)10-24-18-6-11-3-12(7-18)5-13(4-11)8-18/h11-13H,2-10H2,1H3,(H2,19,20,22). The zero-order valence-corrected chi connectivity index (χ0v) is 15.0. The maximum absolute atomic E-state index is 12.2. The zero-order chi connectivity index (χ0) is 16.7. The summed E-state index contributed by atoms with van der Waals surface area (Å²) in [7, 11) is 0. The van der Waals surface area contributed by atoms with E-state index in [0.717, 1.165) is 23.5 Å². The molecule has 5 rings (SSSR count). The smallest absolute Gasteiger partial charge is 0.337 e. The Morgan fingerprint density at radius 3 is 2.42 bits per heavy atom. The van der Waals surface area contributed by atoms with Crippen LogP contribution in [0.25, 0.3) is 0 Å². The summed E-state index contributed by atoms with van der Waals surface area (Å²) in [4.78, 5) is 23.9. The number of hydrogen-bond acceptors (Lipinski definition) is 4. The van der Waals surface area contributed by atoms with Crippen molar-refractivity contribution in [2.75, 3.05) is 18.9 Å². The van der Waals surface area contributed by atoms with Crippen LogP contribution in [0.15, 0.2) is 11.3 Å². The minimum absolute atomic E-state index is 0.218. The van der Waals surface area contributed by atoms with E-state index in [1.807, 2.05) is 11.8 Å². The molecule has 0 aromatic heterocycles. The molecule has 6 heteroatoms. The number of ether oxygens (including phenoxy) is 1. The first-order valence-corrected chi connectivity index (χ1v) is 10.1. The summed E-state index contributed by atoms with van der Waals surface area (Å²) >= 11 is 1.97. The maximum atomic E-state index is 12.2. The molecule has 2 N–H and O–H groups in total. The van der Waals surface area contributed by atoms with Crippen molar-refractivity contribution in [2.24, 2.45) is 17.8 Å². The number of rotatable bonds is 5. The van der Waals surface area contributed by atoms with Gasteiger partial charge in [-0.3, -0.25) is 0 Å². The maximum Gasteiger partial charge on any atom is 0.337 e. The van der Waals surface area contributed by atoms with Crippen molar-refractivity contribution in [3.63, 3.8) is 0 Å². The molecule has 0 radical (unpaired) electrons. The van der Waals surface area contributed by atoms with Crippen LogP contribution >= 0.6 is 11.8 Å². The van der Waals surface area contributed by atoms with Crippen LogP contribution in [0.4, 0.5) is 4.79 Å². The van der Waals surface area contributed by atoms with Gasteiger partial charge in [0.05, 0.1) is 18.7 Å². The second-order valence-corrected chi connectivity index (χ2v) is 9.32. The van der Waals surface area contributed by atoms with E-state index >= 15 is 0 Å². The number of esters is 1. The van der Waals surface area contributed by atoms with E-state index in [1.54, 1.807) is 6.92 Å². The highest BCUT2D eigenvalue weighted by atomic mass is 32.2. The van der Waals surface area contributed by atoms with E-state index in [1.165, 1.54) is 38.5 Å². The number of urea groups is 1. The highest BCUT2D eigenvalue weighted by molar-refractivity contribution is 8.00. The zero-order valence-electron chi connectivity index (χ0n) is 14.2. The SMILES string of the molecule is CCOC(=O)C1=C(CSC23CC4CC(CC(C4)C2)C3)NC(=O)NC1. The molecule has 1 heterocycles. The minimum Gasteiger partial charge on any atom is -0.463 e. The molecule has 1 aliphatic heterocycles. The molecule has 0 unspecified atom stereocenters. The Morgan fingerprint density at radius 1 is 1.21 bits per heavy atom. The molecule has 0 spiro atoms. The molecule has 0 saturated heterocycles. The normalized spacial score (nSPS) is 37.2. The van der Waals surface area contributed by atoms with Crippen LogP contribution in [0.2, 0.25) is 0 Å². The van der Waals surface area contributed by atoms with Gasteiger partial charge >= 0.3 is 12.0 Å². The van der Waals surface area contributed by atoms with Gasteiger partial charge in [0.15, 0.2) is 0 Å². The summed E-state index contributed by atoms with van der Waals surface area (Å²) in [6.45, 7) is 2.42. The van der Waals surface area contributed by atoms with Gasteiger partial charge < -0.3 is 15.4 Å². The Labute approximate surface area is 147 Å². The summed E-state index contributed by atoms with van der Waals surface area (Å²) in [6, 6.07) is -0.218. The Hall–Kier alpha value is -1.17. The fourth-order valence-corrected chi connectivity index (χ4v) is 7.26. The van der Waals surface area contributed by atoms with Gasteiger partial charge in [0.25, 0.3) is 0 Å². The van der Waals surface area contributed by atoms with E-state index in [2.05, 4.69) is 10.6 Å². The fraction of sp³-hybridized carbons (Fsp3) is 0.778. The van der Waals surface area contributed by atoms with E-state index in [0.29, 0.717) is 22.7 Å². The highest BCUT2D eigenvalue weighted by Crippen LogP contribution is 2.60. The quantitative estimate of drug-likeness (QED) is 0.748. The van der Waals surface area contributed by atoms with Crippen LogP contribution in [0, 0.1) is 17.8 Å². The molecule has 4 aliphatic carbocycles. The van der Waals surface area contributed by atoms with Crippen molar-refractivity contribution in [3.05, 3.63) is 11.3 Å². The number of hydrogen-bond donors (Lipinski definition) is 2. The lowest BCUT2D eigenvalue weighted by atomic mass is 9.56. The molecule has 5 aliphatic rings. The third-order valence-corrected chi connectivity index (χ3v) is 7.63. The molecule has 4 bridgehead atoms. The predicted octanol–water partition coefficient (Wildman–Crippen LogP) is 2.82. The third-order valence-electron chi connectivity index (χ3n) is 6.08. The van der Waals surface area contributed by atoms with Crippen molar-refractivity contribution in [1.29, 1.82) is 0 Å². The summed E-state index contributed by atoms with van der Waals surface area (Å²) in [5.74, 6) is 3.11. The monoisotopic (exact) mass is 350 g/mol. The number of amides is 2. The lowest BCUT2D eigenvalue weighted by Gasteiger charge is -2.56. The average Bonchev–Trinajstić information content (AvgIpc) is 2.52. The number of thioether (sulfide) groups is 1. The van der Waals surface area contributed by atoms with Gasteiger partial charge in [0, 0.05) is 16.2 Å². The van der Waals surface area contributed by atoms with Crippen LogP contribution in [-0.2, 0) is 9.53 Å². The van der Waals surface area contributed by atoms with Gasteiger partial charge in [-0.2, -0.15) is 0 Å². The average molecular weight is 350 g/mol. The lowest BCUT2D eigenvalue weighted by Crippen LogP contribution is -2.49. The molecule has 5 nitrogen and oxygen atoms in total. The van der Waals surface area contributed by atoms with Gasteiger partial charge in [-0.05, 0) is 63.2 Å². The van der Waals surface area contributed by atoms with Crippen molar-refractivity contribution in [3.8, 4) is 0 Å². The molecular weight excluding hydrogens is 324 g/mol. The Bertz CT molecular complexity index is 552. The van der Waals surface area contributed by atoms with Gasteiger partial charge in [-0.1, -0.05) is 0 Å². The summed E-state index contributed by atoms with van der Waals surface area (Å²) in [5, 5.41) is 5.52. The van der Waals surface area contributed by atoms with E-state index in [9.17, 15) is 9.59 Å². The third kappa shape index (κ3) is 3.05. The Balaban J connectivity index is 1.48. The van der Waals surface area contributed by atoms with Crippen LogP contribution in [0.5, 0.6) is 0 Å². The van der Waals surface area contributed by atoms with Gasteiger partial charge in [0.2, 0.25) is 0 Å². The number of carbonyl (C=O) groups excluding carboxylic acids is 2. The largest absolute Gasteiger partial charge is 0.463 e. The highest BCUT2D eigenvalue weighted by Gasteiger charge is 2.51. The molecule has 0 aromatic rings. The Morgan fingerprint density at radius 2 is 1.83 bits per heavy atom. The first-order valence-electron chi connectivity index (χ1n) is 9.15.